The molecule has 0 aromatic carbocycles. The Morgan fingerprint density at radius 2 is 2.00 bits per heavy atom. The van der Waals surface area contributed by atoms with Crippen LogP contribution in [0.1, 0.15) is 26.2 Å². The third kappa shape index (κ3) is 10.9. The summed E-state index contributed by atoms with van der Waals surface area (Å²) in [7, 11) is 0. The summed E-state index contributed by atoms with van der Waals surface area (Å²) in [6.07, 6.45) is 8.09. The molecule has 3 nitrogen and oxygen atoms in total. The molecule has 0 aromatic heterocycles. The van der Waals surface area contributed by atoms with Gasteiger partial charge in [-0.3, -0.25) is 4.79 Å². The highest BCUT2D eigenvalue weighted by Gasteiger charge is 2.02. The van der Waals surface area contributed by atoms with E-state index >= 15 is 0 Å². The smallest absolute Gasteiger partial charge is 0.304 e. The highest BCUT2D eigenvalue weighted by molar-refractivity contribution is 5.66. The van der Waals surface area contributed by atoms with Crippen LogP contribution in [0.4, 0.5) is 0 Å². The second-order valence-corrected chi connectivity index (χ2v) is 3.90. The van der Waals surface area contributed by atoms with Crippen LogP contribution in [0.3, 0.4) is 0 Å². The van der Waals surface area contributed by atoms with Crippen LogP contribution in [0.5, 0.6) is 0 Å². The van der Waals surface area contributed by atoms with Crippen molar-refractivity contribution >= 4 is 5.97 Å². The molecule has 2 atom stereocenters. The van der Waals surface area contributed by atoms with Gasteiger partial charge in [-0.25, -0.2) is 0 Å². The van der Waals surface area contributed by atoms with E-state index in [0.717, 1.165) is 19.3 Å². The SMILES string of the molecule is C=CCCCC=CC(C#CC#CC(O)C=C)OC(C)=O. The molecule has 0 aromatic rings. The lowest BCUT2D eigenvalue weighted by atomic mass is 10.2. The van der Waals surface area contributed by atoms with Crippen molar-refractivity contribution in [1.29, 1.82) is 0 Å². The molecular formula is C17H20O3. The van der Waals surface area contributed by atoms with Crippen molar-refractivity contribution in [3.05, 3.63) is 37.5 Å². The van der Waals surface area contributed by atoms with Crippen molar-refractivity contribution < 1.29 is 14.6 Å². The Balaban J connectivity index is 4.51. The first-order valence-electron chi connectivity index (χ1n) is 6.36. The van der Waals surface area contributed by atoms with Crippen LogP contribution in [0.15, 0.2) is 37.5 Å². The van der Waals surface area contributed by atoms with Crippen molar-refractivity contribution in [2.45, 2.75) is 38.4 Å². The summed E-state index contributed by atoms with van der Waals surface area (Å²) in [5.41, 5.74) is 0. The van der Waals surface area contributed by atoms with E-state index in [1.54, 1.807) is 6.08 Å². The average Bonchev–Trinajstić information content (AvgIpc) is 2.42. The number of allylic oxidation sites excluding steroid dienone is 2. The second kappa shape index (κ2) is 11.8. The predicted octanol–water partition coefficient (Wildman–Crippen LogP) is 2.38. The molecular weight excluding hydrogens is 252 g/mol. The van der Waals surface area contributed by atoms with Gasteiger partial charge in [0, 0.05) is 6.92 Å². The fourth-order valence-corrected chi connectivity index (χ4v) is 1.17. The van der Waals surface area contributed by atoms with Gasteiger partial charge in [0.05, 0.1) is 0 Å². The Bertz CT molecular complexity index is 466. The summed E-state index contributed by atoms with van der Waals surface area (Å²) < 4.78 is 5.02. The van der Waals surface area contributed by atoms with Crippen molar-refractivity contribution in [2.24, 2.45) is 0 Å². The zero-order valence-corrected chi connectivity index (χ0v) is 11.8. The summed E-state index contributed by atoms with van der Waals surface area (Å²) in [5, 5.41) is 9.13. The fourth-order valence-electron chi connectivity index (χ4n) is 1.17. The molecule has 0 amide bonds. The van der Waals surface area contributed by atoms with Gasteiger partial charge >= 0.3 is 5.97 Å². The molecule has 0 bridgehead atoms. The van der Waals surface area contributed by atoms with Crippen LogP contribution in [-0.4, -0.2) is 23.3 Å². The summed E-state index contributed by atoms with van der Waals surface area (Å²) >= 11 is 0. The van der Waals surface area contributed by atoms with Crippen molar-refractivity contribution in [3.63, 3.8) is 0 Å². The maximum Gasteiger partial charge on any atom is 0.304 e. The number of hydrogen-bond donors (Lipinski definition) is 1. The van der Waals surface area contributed by atoms with Gasteiger partial charge < -0.3 is 9.84 Å². The first kappa shape index (κ1) is 17.8. The minimum absolute atomic E-state index is 0.404. The first-order chi connectivity index (χ1) is 9.60. The zero-order chi connectivity index (χ0) is 15.2. The normalized spacial score (nSPS) is 12.3. The molecule has 0 aliphatic rings. The van der Waals surface area contributed by atoms with Crippen molar-refractivity contribution in [1.82, 2.24) is 0 Å². The van der Waals surface area contributed by atoms with Gasteiger partial charge in [0.25, 0.3) is 0 Å². The van der Waals surface area contributed by atoms with Crippen LogP contribution < -0.4 is 0 Å². The maximum absolute atomic E-state index is 11.0. The lowest BCUT2D eigenvalue weighted by Crippen LogP contribution is -2.11. The molecule has 0 heterocycles. The number of ether oxygens (including phenoxy) is 1. The topological polar surface area (TPSA) is 46.5 Å². The molecule has 2 unspecified atom stereocenters. The molecule has 0 spiro atoms. The summed E-state index contributed by atoms with van der Waals surface area (Å²) in [5.74, 6) is 9.79. The molecule has 0 saturated carbocycles. The van der Waals surface area contributed by atoms with Gasteiger partial charge in [-0.2, -0.15) is 0 Å². The second-order valence-electron chi connectivity index (χ2n) is 3.90. The lowest BCUT2D eigenvalue weighted by molar-refractivity contribution is -0.142. The highest BCUT2D eigenvalue weighted by Crippen LogP contribution is 2.00. The summed E-state index contributed by atoms with van der Waals surface area (Å²) in [6.45, 7) is 8.36. The molecule has 0 rings (SSSR count). The van der Waals surface area contributed by atoms with Crippen molar-refractivity contribution in [2.75, 3.05) is 0 Å². The van der Waals surface area contributed by atoms with E-state index in [1.165, 1.54) is 13.0 Å². The molecule has 0 saturated heterocycles. The van der Waals surface area contributed by atoms with Crippen LogP contribution in [-0.2, 0) is 9.53 Å². The van der Waals surface area contributed by atoms with Gasteiger partial charge in [0.2, 0.25) is 0 Å². The average molecular weight is 272 g/mol. The van der Waals surface area contributed by atoms with Crippen LogP contribution >= 0.6 is 0 Å². The van der Waals surface area contributed by atoms with E-state index in [0.29, 0.717) is 0 Å². The third-order valence-corrected chi connectivity index (χ3v) is 2.10. The van der Waals surface area contributed by atoms with Crippen LogP contribution in [0, 0.1) is 23.7 Å². The number of esters is 1. The van der Waals surface area contributed by atoms with Crippen LogP contribution in [0.25, 0.3) is 0 Å². The van der Waals surface area contributed by atoms with E-state index in [1.807, 2.05) is 12.2 Å². The fraction of sp³-hybridized carbons (Fsp3) is 0.353. The third-order valence-electron chi connectivity index (χ3n) is 2.10. The Kier molecular flexibility index (Phi) is 10.5. The Morgan fingerprint density at radius 3 is 2.60 bits per heavy atom. The molecule has 0 radical (unpaired) electrons. The number of carbonyl (C=O) groups is 1. The van der Waals surface area contributed by atoms with Gasteiger partial charge in [-0.1, -0.05) is 30.7 Å². The quantitative estimate of drug-likeness (QED) is 0.335. The molecule has 0 fully saturated rings. The van der Waals surface area contributed by atoms with E-state index in [9.17, 15) is 4.79 Å². The molecule has 0 aliphatic heterocycles. The lowest BCUT2D eigenvalue weighted by Gasteiger charge is -2.04. The minimum Gasteiger partial charge on any atom is -0.445 e. The summed E-state index contributed by atoms with van der Waals surface area (Å²) in [4.78, 5) is 11.0. The number of carbonyl (C=O) groups excluding carboxylic acids is 1. The van der Waals surface area contributed by atoms with E-state index < -0.39 is 18.2 Å². The van der Waals surface area contributed by atoms with Gasteiger partial charge in [0.15, 0.2) is 6.10 Å². The molecule has 0 aliphatic carbocycles. The molecule has 1 N–H and O–H groups in total. The Hall–Kier alpha value is -2.23. The molecule has 106 valence electrons. The van der Waals surface area contributed by atoms with Crippen molar-refractivity contribution in [3.8, 4) is 23.7 Å². The van der Waals surface area contributed by atoms with E-state index in [2.05, 4.69) is 36.8 Å². The van der Waals surface area contributed by atoms with Gasteiger partial charge in [-0.15, -0.1) is 6.58 Å². The zero-order valence-electron chi connectivity index (χ0n) is 11.8. The van der Waals surface area contributed by atoms with Gasteiger partial charge in [0.1, 0.15) is 6.10 Å². The number of hydrogen-bond acceptors (Lipinski definition) is 3. The number of aliphatic hydroxyl groups excluding tert-OH is 1. The maximum atomic E-state index is 11.0. The molecule has 3 heteroatoms. The van der Waals surface area contributed by atoms with E-state index in [4.69, 9.17) is 9.84 Å². The molecule has 20 heavy (non-hydrogen) atoms. The van der Waals surface area contributed by atoms with Crippen LogP contribution in [0.2, 0.25) is 0 Å². The Labute approximate surface area is 121 Å². The first-order valence-corrected chi connectivity index (χ1v) is 6.36. The highest BCUT2D eigenvalue weighted by atomic mass is 16.5. The Morgan fingerprint density at radius 1 is 1.30 bits per heavy atom. The van der Waals surface area contributed by atoms with E-state index in [-0.39, 0.29) is 0 Å². The standard InChI is InChI=1S/C17H20O3/c1-4-6-7-8-9-13-17(20-15(3)18)14-11-10-12-16(19)5-2/h4-5,9,13,16-17,19H,1-2,6-8H2,3H3. The number of aliphatic hydroxyl groups is 1. The minimum atomic E-state index is -0.897. The number of rotatable bonds is 7. The largest absolute Gasteiger partial charge is 0.445 e. The monoisotopic (exact) mass is 272 g/mol. The number of unbranched alkanes of at least 4 members (excludes halogenated alkanes) is 2. The summed E-state index contributed by atoms with van der Waals surface area (Å²) in [6, 6.07) is 0. The predicted molar refractivity (Wildman–Crippen MR) is 80.5 cm³/mol. The van der Waals surface area contributed by atoms with Gasteiger partial charge in [-0.05, 0) is 43.1 Å².